The predicted molar refractivity (Wildman–Crippen MR) is 95.5 cm³/mol. The van der Waals surface area contributed by atoms with Crippen molar-refractivity contribution in [3.63, 3.8) is 0 Å². The van der Waals surface area contributed by atoms with E-state index in [2.05, 4.69) is 22.0 Å². The molecule has 0 amide bonds. The molecule has 0 aliphatic carbocycles. The van der Waals surface area contributed by atoms with E-state index in [1.54, 1.807) is 6.20 Å². The smallest absolute Gasteiger partial charge is 0.158 e. The van der Waals surface area contributed by atoms with Gasteiger partial charge >= 0.3 is 0 Å². The van der Waals surface area contributed by atoms with Gasteiger partial charge in [0.05, 0.1) is 11.4 Å². The van der Waals surface area contributed by atoms with E-state index in [0.717, 1.165) is 34.0 Å². The van der Waals surface area contributed by atoms with Gasteiger partial charge in [0.1, 0.15) is 5.69 Å². The zero-order valence-electron chi connectivity index (χ0n) is 12.6. The van der Waals surface area contributed by atoms with Crippen molar-refractivity contribution in [1.82, 2.24) is 4.98 Å². The summed E-state index contributed by atoms with van der Waals surface area (Å²) in [5.41, 5.74) is 4.72. The second kappa shape index (κ2) is 5.52. The number of hydrogen-bond donors (Lipinski definition) is 0. The monoisotopic (exact) mass is 319 g/mol. The largest absolute Gasteiger partial charge is 0.327 e. The van der Waals surface area contributed by atoms with Crippen LogP contribution in [0.1, 0.15) is 11.1 Å². The highest BCUT2D eigenvalue weighted by Crippen LogP contribution is 2.38. The van der Waals surface area contributed by atoms with E-state index in [0.29, 0.717) is 5.02 Å². The van der Waals surface area contributed by atoms with Crippen LogP contribution in [-0.4, -0.2) is 17.7 Å². The second-order valence-corrected chi connectivity index (χ2v) is 5.77. The van der Waals surface area contributed by atoms with Crippen molar-refractivity contribution in [1.29, 1.82) is 0 Å². The molecule has 0 spiro atoms. The summed E-state index contributed by atoms with van der Waals surface area (Å²) in [6.07, 6.45) is 1.79. The van der Waals surface area contributed by atoms with Crippen LogP contribution in [0.3, 0.4) is 0 Å². The van der Waals surface area contributed by atoms with Crippen LogP contribution in [0, 0.1) is 0 Å². The first-order valence-corrected chi connectivity index (χ1v) is 7.75. The Balaban J connectivity index is 2.06. The molecule has 2 aromatic carbocycles. The van der Waals surface area contributed by atoms with Crippen LogP contribution in [0.4, 0.5) is 17.2 Å². The number of benzene rings is 2. The molecule has 1 aliphatic rings. The molecule has 0 unspecified atom stereocenters. The minimum Gasteiger partial charge on any atom is -0.327 e. The van der Waals surface area contributed by atoms with Gasteiger partial charge in [0.2, 0.25) is 0 Å². The molecule has 4 rings (SSSR count). The van der Waals surface area contributed by atoms with Crippen molar-refractivity contribution >= 4 is 34.5 Å². The molecule has 0 atom stereocenters. The normalized spacial score (nSPS) is 13.0. The zero-order chi connectivity index (χ0) is 15.8. The summed E-state index contributed by atoms with van der Waals surface area (Å²) in [6.45, 7) is 0. The van der Waals surface area contributed by atoms with Gasteiger partial charge in [-0.1, -0.05) is 48.0 Å². The molecule has 0 N–H and O–H groups in total. The van der Waals surface area contributed by atoms with Crippen molar-refractivity contribution in [2.75, 3.05) is 11.9 Å². The number of pyridine rings is 1. The van der Waals surface area contributed by atoms with Gasteiger partial charge in [0, 0.05) is 29.4 Å². The average Bonchev–Trinajstić information content (AvgIpc) is 2.72. The molecule has 0 saturated heterocycles. The molecule has 1 aromatic heterocycles. The Morgan fingerprint density at radius 2 is 1.61 bits per heavy atom. The Kier molecular flexibility index (Phi) is 3.36. The van der Waals surface area contributed by atoms with Crippen molar-refractivity contribution in [2.45, 2.75) is 0 Å². The molecule has 112 valence electrons. The van der Waals surface area contributed by atoms with E-state index in [4.69, 9.17) is 16.6 Å². The van der Waals surface area contributed by atoms with E-state index in [1.807, 2.05) is 55.6 Å². The first-order valence-electron chi connectivity index (χ1n) is 7.37. The first-order chi connectivity index (χ1) is 11.3. The van der Waals surface area contributed by atoms with Crippen LogP contribution in [0.25, 0.3) is 0 Å². The summed E-state index contributed by atoms with van der Waals surface area (Å²) in [5.74, 6) is 0.835. The van der Waals surface area contributed by atoms with E-state index in [1.165, 1.54) is 0 Å². The molecule has 0 saturated carbocycles. The summed E-state index contributed by atoms with van der Waals surface area (Å²) in [4.78, 5) is 11.5. The molecule has 3 nitrogen and oxygen atoms in total. The topological polar surface area (TPSA) is 28.5 Å². The van der Waals surface area contributed by atoms with Gasteiger partial charge in [-0.2, -0.15) is 0 Å². The fourth-order valence-corrected chi connectivity index (χ4v) is 3.08. The number of anilines is 2. The maximum absolute atomic E-state index is 6.43. The second-order valence-electron chi connectivity index (χ2n) is 5.36. The van der Waals surface area contributed by atoms with E-state index < -0.39 is 0 Å². The summed E-state index contributed by atoms with van der Waals surface area (Å²) in [7, 11) is 2.01. The number of rotatable bonds is 1. The molecule has 0 radical (unpaired) electrons. The Morgan fingerprint density at radius 1 is 0.870 bits per heavy atom. The number of fused-ring (bicyclic) bond motifs is 2. The SMILES string of the molecule is CN1c2ccccc2C(c2ccccc2Cl)=Nc2cccnc21. The van der Waals surface area contributed by atoms with Crippen LogP contribution in [-0.2, 0) is 0 Å². The molecule has 3 aromatic rings. The number of hydrogen-bond acceptors (Lipinski definition) is 3. The minimum atomic E-state index is 0.691. The maximum Gasteiger partial charge on any atom is 0.158 e. The number of nitrogens with zero attached hydrogens (tertiary/aromatic N) is 3. The van der Waals surface area contributed by atoms with E-state index >= 15 is 0 Å². The van der Waals surface area contributed by atoms with Crippen molar-refractivity contribution in [2.24, 2.45) is 4.99 Å². The molecule has 0 bridgehead atoms. The molecule has 0 fully saturated rings. The predicted octanol–water partition coefficient (Wildman–Crippen LogP) is 4.99. The molecular formula is C19H14ClN3. The highest BCUT2D eigenvalue weighted by molar-refractivity contribution is 6.36. The molecule has 4 heteroatoms. The Morgan fingerprint density at radius 3 is 2.43 bits per heavy atom. The van der Waals surface area contributed by atoms with Gasteiger partial charge in [0.15, 0.2) is 5.82 Å². The van der Waals surface area contributed by atoms with Gasteiger partial charge < -0.3 is 4.90 Å². The lowest BCUT2D eigenvalue weighted by molar-refractivity contribution is 1.13. The third-order valence-corrected chi connectivity index (χ3v) is 4.30. The Hall–Kier alpha value is -2.65. The quantitative estimate of drug-likeness (QED) is 0.632. The summed E-state index contributed by atoms with van der Waals surface area (Å²) < 4.78 is 0. The Labute approximate surface area is 139 Å². The molecule has 23 heavy (non-hydrogen) atoms. The Bertz CT molecular complexity index is 918. The third kappa shape index (κ3) is 2.30. The lowest BCUT2D eigenvalue weighted by atomic mass is 10.0. The highest BCUT2D eigenvalue weighted by atomic mass is 35.5. The summed E-state index contributed by atoms with van der Waals surface area (Å²) in [5, 5.41) is 0.691. The van der Waals surface area contributed by atoms with Crippen molar-refractivity contribution in [3.8, 4) is 0 Å². The van der Waals surface area contributed by atoms with Crippen molar-refractivity contribution < 1.29 is 0 Å². The third-order valence-electron chi connectivity index (χ3n) is 3.97. The molecular weight excluding hydrogens is 306 g/mol. The standard InChI is InChI=1S/C19H14ClN3/c1-23-17-11-5-3-8-14(17)18(13-7-2-4-9-15(13)20)22-16-10-6-12-21-19(16)23/h2-12H,1H3. The number of halogens is 1. The minimum absolute atomic E-state index is 0.691. The van der Waals surface area contributed by atoms with Crippen LogP contribution in [0.15, 0.2) is 71.9 Å². The molecule has 1 aliphatic heterocycles. The number of aliphatic imine (C=N–C) groups is 1. The lowest BCUT2D eigenvalue weighted by Crippen LogP contribution is -2.13. The number of para-hydroxylation sites is 1. The van der Waals surface area contributed by atoms with Gasteiger partial charge in [-0.05, 0) is 24.3 Å². The summed E-state index contributed by atoms with van der Waals surface area (Å²) in [6, 6.07) is 19.8. The van der Waals surface area contributed by atoms with E-state index in [9.17, 15) is 0 Å². The van der Waals surface area contributed by atoms with Crippen LogP contribution in [0.5, 0.6) is 0 Å². The number of aromatic nitrogens is 1. The zero-order valence-corrected chi connectivity index (χ0v) is 13.3. The summed E-state index contributed by atoms with van der Waals surface area (Å²) >= 11 is 6.43. The van der Waals surface area contributed by atoms with Crippen LogP contribution in [0.2, 0.25) is 5.02 Å². The van der Waals surface area contributed by atoms with Crippen LogP contribution < -0.4 is 4.90 Å². The fraction of sp³-hybridized carbons (Fsp3) is 0.0526. The lowest BCUT2D eigenvalue weighted by Gasteiger charge is -2.20. The van der Waals surface area contributed by atoms with Gasteiger partial charge in [-0.25, -0.2) is 9.98 Å². The van der Waals surface area contributed by atoms with Crippen LogP contribution >= 0.6 is 11.6 Å². The van der Waals surface area contributed by atoms with Gasteiger partial charge in [0.25, 0.3) is 0 Å². The van der Waals surface area contributed by atoms with E-state index in [-0.39, 0.29) is 0 Å². The average molecular weight is 320 g/mol. The maximum atomic E-state index is 6.43. The highest BCUT2D eigenvalue weighted by Gasteiger charge is 2.22. The van der Waals surface area contributed by atoms with Gasteiger partial charge in [-0.15, -0.1) is 0 Å². The van der Waals surface area contributed by atoms with Gasteiger partial charge in [-0.3, -0.25) is 0 Å². The van der Waals surface area contributed by atoms with Crippen molar-refractivity contribution in [3.05, 3.63) is 83.0 Å². The fourth-order valence-electron chi connectivity index (χ4n) is 2.85. The first kappa shape index (κ1) is 14.0. The molecule has 2 heterocycles.